The SMILES string of the molecule is Brc1ccc2c(c1)CCNC2C1CCCCC1.Cl. The fourth-order valence-corrected chi connectivity index (χ4v) is 3.86. The van der Waals surface area contributed by atoms with E-state index in [9.17, 15) is 0 Å². The van der Waals surface area contributed by atoms with E-state index in [2.05, 4.69) is 39.4 Å². The van der Waals surface area contributed by atoms with E-state index in [-0.39, 0.29) is 12.4 Å². The summed E-state index contributed by atoms with van der Waals surface area (Å²) in [6.45, 7) is 1.14. The number of hydrogen-bond acceptors (Lipinski definition) is 1. The van der Waals surface area contributed by atoms with Crippen molar-refractivity contribution in [1.29, 1.82) is 0 Å². The van der Waals surface area contributed by atoms with Gasteiger partial charge in [-0.1, -0.05) is 41.3 Å². The first kappa shape index (κ1) is 14.4. The molecule has 1 N–H and O–H groups in total. The van der Waals surface area contributed by atoms with Crippen molar-refractivity contribution >= 4 is 28.3 Å². The van der Waals surface area contributed by atoms with E-state index >= 15 is 0 Å². The van der Waals surface area contributed by atoms with Gasteiger partial charge >= 0.3 is 0 Å². The second-order valence-electron chi connectivity index (χ2n) is 5.42. The largest absolute Gasteiger partial charge is 0.309 e. The van der Waals surface area contributed by atoms with Gasteiger partial charge in [0.05, 0.1) is 0 Å². The molecule has 1 aromatic carbocycles. The molecule has 1 fully saturated rings. The molecule has 1 heterocycles. The highest BCUT2D eigenvalue weighted by molar-refractivity contribution is 9.10. The van der Waals surface area contributed by atoms with E-state index in [1.807, 2.05) is 0 Å². The van der Waals surface area contributed by atoms with Gasteiger partial charge in [-0.05, 0) is 55.0 Å². The summed E-state index contributed by atoms with van der Waals surface area (Å²) in [4.78, 5) is 0. The molecule has 1 aliphatic heterocycles. The molecule has 0 saturated heterocycles. The Kier molecular flexibility index (Phi) is 5.11. The lowest BCUT2D eigenvalue weighted by Crippen LogP contribution is -2.35. The molecule has 1 aromatic rings. The zero-order valence-electron chi connectivity index (χ0n) is 10.6. The fraction of sp³-hybridized carbons (Fsp3) is 0.600. The molecule has 0 amide bonds. The zero-order valence-corrected chi connectivity index (χ0v) is 13.0. The highest BCUT2D eigenvalue weighted by Gasteiger charge is 2.28. The van der Waals surface area contributed by atoms with Gasteiger partial charge in [0.15, 0.2) is 0 Å². The molecule has 1 atom stereocenters. The van der Waals surface area contributed by atoms with Crippen LogP contribution in [0.15, 0.2) is 22.7 Å². The standard InChI is InChI=1S/C15H20BrN.ClH/c16-13-6-7-14-12(10-13)8-9-17-15(14)11-4-2-1-3-5-11;/h6-7,10-11,15,17H,1-5,8-9H2;1H. The molecule has 0 radical (unpaired) electrons. The maximum atomic E-state index is 3.75. The lowest BCUT2D eigenvalue weighted by Gasteiger charge is -2.35. The lowest BCUT2D eigenvalue weighted by atomic mass is 9.78. The molecule has 100 valence electrons. The van der Waals surface area contributed by atoms with Crippen LogP contribution >= 0.6 is 28.3 Å². The topological polar surface area (TPSA) is 12.0 Å². The van der Waals surface area contributed by atoms with Crippen molar-refractivity contribution < 1.29 is 0 Å². The van der Waals surface area contributed by atoms with Crippen LogP contribution < -0.4 is 5.32 Å². The molecule has 0 aromatic heterocycles. The van der Waals surface area contributed by atoms with Crippen molar-refractivity contribution in [3.05, 3.63) is 33.8 Å². The maximum Gasteiger partial charge on any atom is 0.0351 e. The summed E-state index contributed by atoms with van der Waals surface area (Å²) in [6, 6.07) is 7.45. The molecule has 2 aliphatic rings. The van der Waals surface area contributed by atoms with Crippen molar-refractivity contribution in [3.8, 4) is 0 Å². The molecule has 1 saturated carbocycles. The predicted octanol–water partition coefficient (Wildman–Crippen LogP) is 4.64. The third kappa shape index (κ3) is 2.92. The average molecular weight is 331 g/mol. The highest BCUT2D eigenvalue weighted by Crippen LogP contribution is 2.37. The van der Waals surface area contributed by atoms with Gasteiger partial charge in [0.1, 0.15) is 0 Å². The van der Waals surface area contributed by atoms with E-state index in [0.717, 1.165) is 12.5 Å². The number of hydrogen-bond donors (Lipinski definition) is 1. The van der Waals surface area contributed by atoms with Crippen LogP contribution in [-0.4, -0.2) is 6.54 Å². The second kappa shape index (κ2) is 6.40. The number of rotatable bonds is 1. The van der Waals surface area contributed by atoms with Crippen molar-refractivity contribution in [2.45, 2.75) is 44.6 Å². The summed E-state index contributed by atoms with van der Waals surface area (Å²) in [5, 5.41) is 3.75. The van der Waals surface area contributed by atoms with Crippen LogP contribution in [0.25, 0.3) is 0 Å². The van der Waals surface area contributed by atoms with Crippen LogP contribution in [0.4, 0.5) is 0 Å². The van der Waals surface area contributed by atoms with Crippen LogP contribution in [0.3, 0.4) is 0 Å². The van der Waals surface area contributed by atoms with Gasteiger partial charge in [0.25, 0.3) is 0 Å². The Hall–Kier alpha value is -0.0500. The summed E-state index contributed by atoms with van der Waals surface area (Å²) in [5.74, 6) is 0.865. The third-order valence-corrected chi connectivity index (χ3v) is 4.81. The third-order valence-electron chi connectivity index (χ3n) is 4.32. The Balaban J connectivity index is 0.00000120. The number of benzene rings is 1. The van der Waals surface area contributed by atoms with Gasteiger partial charge in [-0.15, -0.1) is 12.4 Å². The predicted molar refractivity (Wildman–Crippen MR) is 82.4 cm³/mol. The number of nitrogens with one attached hydrogen (secondary N) is 1. The van der Waals surface area contributed by atoms with E-state index in [1.54, 1.807) is 11.1 Å². The molecular formula is C15H21BrClN. The van der Waals surface area contributed by atoms with Crippen molar-refractivity contribution in [1.82, 2.24) is 5.32 Å². The molecule has 0 bridgehead atoms. The first-order chi connectivity index (χ1) is 8.34. The first-order valence-corrected chi connectivity index (χ1v) is 7.65. The molecule has 3 heteroatoms. The van der Waals surface area contributed by atoms with Crippen molar-refractivity contribution in [3.63, 3.8) is 0 Å². The Bertz CT molecular complexity index is 401. The molecule has 3 rings (SSSR count). The van der Waals surface area contributed by atoms with Gasteiger partial charge in [0.2, 0.25) is 0 Å². The van der Waals surface area contributed by atoms with E-state index in [4.69, 9.17) is 0 Å². The van der Waals surface area contributed by atoms with Gasteiger partial charge < -0.3 is 5.32 Å². The normalized spacial score (nSPS) is 24.2. The maximum absolute atomic E-state index is 3.75. The highest BCUT2D eigenvalue weighted by atomic mass is 79.9. The molecule has 1 aliphatic carbocycles. The summed E-state index contributed by atoms with van der Waals surface area (Å²) in [5.41, 5.74) is 3.11. The lowest BCUT2D eigenvalue weighted by molar-refractivity contribution is 0.265. The van der Waals surface area contributed by atoms with Crippen LogP contribution in [-0.2, 0) is 6.42 Å². The fourth-order valence-electron chi connectivity index (χ4n) is 3.45. The Labute approximate surface area is 124 Å². The summed E-state index contributed by atoms with van der Waals surface area (Å²) in [6.07, 6.45) is 8.29. The van der Waals surface area contributed by atoms with E-state index < -0.39 is 0 Å². The summed E-state index contributed by atoms with van der Waals surface area (Å²) >= 11 is 3.59. The first-order valence-electron chi connectivity index (χ1n) is 6.86. The molecule has 1 nitrogen and oxygen atoms in total. The van der Waals surface area contributed by atoms with Crippen LogP contribution in [0.1, 0.15) is 49.3 Å². The van der Waals surface area contributed by atoms with Crippen molar-refractivity contribution in [2.24, 2.45) is 5.92 Å². The summed E-state index contributed by atoms with van der Waals surface area (Å²) in [7, 11) is 0. The van der Waals surface area contributed by atoms with Gasteiger partial charge in [-0.25, -0.2) is 0 Å². The Morgan fingerprint density at radius 1 is 1.11 bits per heavy atom. The second-order valence-corrected chi connectivity index (χ2v) is 6.34. The minimum absolute atomic E-state index is 0. The molecule has 0 spiro atoms. The minimum atomic E-state index is 0. The van der Waals surface area contributed by atoms with Crippen LogP contribution in [0.2, 0.25) is 0 Å². The smallest absolute Gasteiger partial charge is 0.0351 e. The zero-order chi connectivity index (χ0) is 11.7. The van der Waals surface area contributed by atoms with E-state index in [0.29, 0.717) is 6.04 Å². The van der Waals surface area contributed by atoms with Gasteiger partial charge in [0, 0.05) is 10.5 Å². The monoisotopic (exact) mass is 329 g/mol. The van der Waals surface area contributed by atoms with Gasteiger partial charge in [-0.2, -0.15) is 0 Å². The Morgan fingerprint density at radius 2 is 1.89 bits per heavy atom. The molecule has 1 unspecified atom stereocenters. The number of halogens is 2. The van der Waals surface area contributed by atoms with Crippen molar-refractivity contribution in [2.75, 3.05) is 6.54 Å². The van der Waals surface area contributed by atoms with Gasteiger partial charge in [-0.3, -0.25) is 0 Å². The van der Waals surface area contributed by atoms with Crippen LogP contribution in [0.5, 0.6) is 0 Å². The quantitative estimate of drug-likeness (QED) is 0.791. The molecular weight excluding hydrogens is 310 g/mol. The molecule has 18 heavy (non-hydrogen) atoms. The van der Waals surface area contributed by atoms with E-state index in [1.165, 1.54) is 43.0 Å². The number of fused-ring (bicyclic) bond motifs is 1. The average Bonchev–Trinajstić information content (AvgIpc) is 2.39. The minimum Gasteiger partial charge on any atom is -0.309 e. The van der Waals surface area contributed by atoms with Crippen LogP contribution in [0, 0.1) is 5.92 Å². The Morgan fingerprint density at radius 3 is 2.67 bits per heavy atom. The summed E-state index contributed by atoms with van der Waals surface area (Å²) < 4.78 is 1.22.